The summed E-state index contributed by atoms with van der Waals surface area (Å²) in [6.45, 7) is 2.67. The number of nitrogens with one attached hydrogen (secondary N) is 2. The maximum absolute atomic E-state index is 13.6. The Morgan fingerprint density at radius 3 is 2.41 bits per heavy atom. The number of fused-ring (bicyclic) bond motifs is 1. The fraction of sp³-hybridized carbons (Fsp3) is 0.364. The van der Waals surface area contributed by atoms with Crippen LogP contribution in [0.2, 0.25) is 0 Å². The Morgan fingerprint density at radius 2 is 1.79 bits per heavy atom. The topological polar surface area (TPSA) is 86.8 Å². The number of aromatic nitrogens is 4. The van der Waals surface area contributed by atoms with Gasteiger partial charge in [-0.15, -0.1) is 10.2 Å². The minimum atomic E-state index is -0.629. The van der Waals surface area contributed by atoms with Crippen LogP contribution in [0.4, 0.5) is 0 Å². The van der Waals surface area contributed by atoms with Gasteiger partial charge >= 0.3 is 0 Å². The Balaban J connectivity index is 1.55. The number of rotatable bonds is 7. The van der Waals surface area contributed by atoms with Crippen molar-refractivity contribution in [3.05, 3.63) is 77.1 Å². The quantitative estimate of drug-likeness (QED) is 0.645. The molecule has 1 aliphatic carbocycles. The minimum absolute atomic E-state index is 0.00145. The van der Waals surface area contributed by atoms with Gasteiger partial charge < -0.3 is 5.32 Å². The first-order chi connectivity index (χ1) is 14.1. The number of carbonyl (C=O) groups excluding carboxylic acids is 1. The largest absolute Gasteiger partial charge is 0.345 e. The van der Waals surface area contributed by atoms with Crippen molar-refractivity contribution < 1.29 is 4.79 Å². The smallest absolute Gasteiger partial charge is 0.241 e. The predicted octanol–water partition coefficient (Wildman–Crippen LogP) is 2.09. The van der Waals surface area contributed by atoms with E-state index in [1.54, 1.807) is 0 Å². The molecule has 0 unspecified atom stereocenters. The fourth-order valence-electron chi connectivity index (χ4n) is 4.10. The molecule has 1 aromatic heterocycles. The first kappa shape index (κ1) is 19.3. The van der Waals surface area contributed by atoms with Crippen molar-refractivity contribution in [3.8, 4) is 0 Å². The van der Waals surface area contributed by atoms with Crippen LogP contribution in [0.25, 0.3) is 0 Å². The predicted molar refractivity (Wildman–Crippen MR) is 110 cm³/mol. The van der Waals surface area contributed by atoms with E-state index >= 15 is 0 Å². The molecule has 1 atom stereocenters. The van der Waals surface area contributed by atoms with E-state index in [0.29, 0.717) is 18.7 Å². The highest BCUT2D eigenvalue weighted by molar-refractivity contribution is 5.88. The molecule has 0 saturated carbocycles. The molecule has 1 aliphatic rings. The number of hydrogen-bond acceptors (Lipinski definition) is 5. The Bertz CT molecular complexity index is 931. The van der Waals surface area contributed by atoms with Crippen LogP contribution in [-0.2, 0) is 24.1 Å². The summed E-state index contributed by atoms with van der Waals surface area (Å²) in [4.78, 5) is 15.8. The third kappa shape index (κ3) is 3.91. The second-order valence-corrected chi connectivity index (χ2v) is 7.78. The summed E-state index contributed by atoms with van der Waals surface area (Å²) < 4.78 is 0. The summed E-state index contributed by atoms with van der Waals surface area (Å²) in [5, 5.41) is 17.2. The molecule has 0 radical (unpaired) electrons. The average molecular weight is 390 g/mol. The van der Waals surface area contributed by atoms with Gasteiger partial charge in [-0.1, -0.05) is 59.8 Å². The van der Waals surface area contributed by atoms with Crippen LogP contribution >= 0.6 is 0 Å². The van der Waals surface area contributed by atoms with Crippen molar-refractivity contribution in [3.63, 3.8) is 0 Å². The lowest BCUT2D eigenvalue weighted by atomic mass is 9.91. The zero-order valence-corrected chi connectivity index (χ0v) is 16.8. The summed E-state index contributed by atoms with van der Waals surface area (Å²) in [6, 6.07) is 18.4. The molecule has 1 amide bonds. The number of aromatic amines is 1. The number of amides is 1. The molecular weight excluding hydrogens is 364 g/mol. The van der Waals surface area contributed by atoms with Gasteiger partial charge in [0.1, 0.15) is 5.54 Å². The Labute approximate surface area is 170 Å². The van der Waals surface area contributed by atoms with E-state index in [2.05, 4.69) is 67.2 Å². The van der Waals surface area contributed by atoms with E-state index in [9.17, 15) is 4.79 Å². The van der Waals surface area contributed by atoms with Gasteiger partial charge in [-0.2, -0.15) is 5.21 Å². The lowest BCUT2D eigenvalue weighted by Crippen LogP contribution is -2.59. The van der Waals surface area contributed by atoms with Crippen molar-refractivity contribution in [1.82, 2.24) is 30.8 Å². The van der Waals surface area contributed by atoms with Gasteiger partial charge in [0, 0.05) is 19.4 Å². The molecule has 2 N–H and O–H groups in total. The molecule has 4 rings (SSSR count). The van der Waals surface area contributed by atoms with E-state index in [-0.39, 0.29) is 11.9 Å². The van der Waals surface area contributed by atoms with Crippen LogP contribution in [0, 0.1) is 0 Å². The Hall–Kier alpha value is -3.06. The van der Waals surface area contributed by atoms with Gasteiger partial charge in [0.15, 0.2) is 5.82 Å². The van der Waals surface area contributed by atoms with Crippen LogP contribution in [0.5, 0.6) is 0 Å². The monoisotopic (exact) mass is 390 g/mol. The van der Waals surface area contributed by atoms with Crippen LogP contribution in [-0.4, -0.2) is 50.6 Å². The van der Waals surface area contributed by atoms with Crippen LogP contribution in [0.1, 0.15) is 35.5 Å². The molecular formula is C22H26N6O. The van der Waals surface area contributed by atoms with E-state index in [4.69, 9.17) is 0 Å². The molecule has 29 heavy (non-hydrogen) atoms. The molecule has 3 aromatic rings. The average Bonchev–Trinajstić information content (AvgIpc) is 3.41. The summed E-state index contributed by atoms with van der Waals surface area (Å²) in [7, 11) is 2.05. The maximum atomic E-state index is 13.6. The first-order valence-corrected chi connectivity index (χ1v) is 9.95. The van der Waals surface area contributed by atoms with Crippen molar-refractivity contribution in [2.24, 2.45) is 0 Å². The lowest BCUT2D eigenvalue weighted by molar-refractivity contribution is -0.133. The van der Waals surface area contributed by atoms with E-state index in [0.717, 1.165) is 13.0 Å². The number of benzene rings is 2. The zero-order chi connectivity index (χ0) is 20.3. The summed E-state index contributed by atoms with van der Waals surface area (Å²) in [5.74, 6) is 0.484. The highest BCUT2D eigenvalue weighted by atomic mass is 16.2. The maximum Gasteiger partial charge on any atom is 0.241 e. The van der Waals surface area contributed by atoms with Gasteiger partial charge in [0.2, 0.25) is 5.91 Å². The molecule has 1 heterocycles. The van der Waals surface area contributed by atoms with Gasteiger partial charge in [-0.05, 0) is 37.1 Å². The minimum Gasteiger partial charge on any atom is -0.345 e. The fourth-order valence-corrected chi connectivity index (χ4v) is 4.10. The molecule has 2 aromatic carbocycles. The number of nitrogens with zero attached hydrogens (tertiary/aromatic N) is 4. The van der Waals surface area contributed by atoms with Crippen LogP contribution < -0.4 is 5.32 Å². The molecule has 7 heteroatoms. The second-order valence-electron chi connectivity index (χ2n) is 7.78. The zero-order valence-electron chi connectivity index (χ0n) is 16.8. The normalized spacial score (nSPS) is 15.8. The van der Waals surface area contributed by atoms with Gasteiger partial charge in [0.25, 0.3) is 0 Å². The number of tetrazole rings is 1. The molecule has 0 fully saturated rings. The number of likely N-dealkylation sites (N-methyl/N-ethyl adjacent to an activating group) is 1. The van der Waals surface area contributed by atoms with E-state index in [1.165, 1.54) is 16.7 Å². The first-order valence-electron chi connectivity index (χ1n) is 9.95. The highest BCUT2D eigenvalue weighted by Crippen LogP contribution is 2.35. The van der Waals surface area contributed by atoms with Gasteiger partial charge in [-0.25, -0.2) is 0 Å². The summed E-state index contributed by atoms with van der Waals surface area (Å²) >= 11 is 0. The third-order valence-electron chi connectivity index (χ3n) is 5.91. The van der Waals surface area contributed by atoms with Crippen molar-refractivity contribution in [1.29, 1.82) is 0 Å². The van der Waals surface area contributed by atoms with Crippen molar-refractivity contribution >= 4 is 5.91 Å². The van der Waals surface area contributed by atoms with Crippen molar-refractivity contribution in [2.75, 3.05) is 13.6 Å². The molecule has 0 bridgehead atoms. The third-order valence-corrected chi connectivity index (χ3v) is 5.91. The number of carbonyl (C=O) groups is 1. The molecule has 7 nitrogen and oxygen atoms in total. The van der Waals surface area contributed by atoms with Crippen LogP contribution in [0.3, 0.4) is 0 Å². The molecule has 0 saturated heterocycles. The van der Waals surface area contributed by atoms with Gasteiger partial charge in [-0.3, -0.25) is 9.69 Å². The molecule has 0 aliphatic heterocycles. The Kier molecular flexibility index (Phi) is 5.40. The van der Waals surface area contributed by atoms with E-state index in [1.807, 2.05) is 32.2 Å². The summed E-state index contributed by atoms with van der Waals surface area (Å²) in [6.07, 6.45) is 2.28. The van der Waals surface area contributed by atoms with E-state index < -0.39 is 5.54 Å². The SMILES string of the molecule is C[C@H](NC(=O)C1(N(C)CCc2ccccc2)Cc2ccccc2C1)c1nn[nH]n1. The Morgan fingerprint density at radius 1 is 1.14 bits per heavy atom. The second kappa shape index (κ2) is 8.13. The number of hydrogen-bond donors (Lipinski definition) is 2. The van der Waals surface area contributed by atoms with Crippen LogP contribution in [0.15, 0.2) is 54.6 Å². The molecule has 150 valence electrons. The van der Waals surface area contributed by atoms with Gasteiger partial charge in [0.05, 0.1) is 6.04 Å². The van der Waals surface area contributed by atoms with Crippen molar-refractivity contribution in [2.45, 2.75) is 37.8 Å². The number of H-pyrrole nitrogens is 1. The highest BCUT2D eigenvalue weighted by Gasteiger charge is 2.47. The lowest BCUT2D eigenvalue weighted by Gasteiger charge is -2.38. The standard InChI is InChI=1S/C22H26N6O/c1-16(20-24-26-27-25-20)23-21(29)22(14-18-10-6-7-11-19(18)15-22)28(2)13-12-17-8-4-3-5-9-17/h3-11,16H,12-15H2,1-2H3,(H,23,29)(H,24,25,26,27)/t16-/m0/s1. The molecule has 0 spiro atoms. The summed E-state index contributed by atoms with van der Waals surface area (Å²) in [5.41, 5.74) is 3.12.